The summed E-state index contributed by atoms with van der Waals surface area (Å²) in [6.45, 7) is 0. The molecule has 0 saturated heterocycles. The Kier molecular flexibility index (Phi) is 3.43. The maximum absolute atomic E-state index is 10.0. The van der Waals surface area contributed by atoms with Crippen LogP contribution in [0.3, 0.4) is 0 Å². The van der Waals surface area contributed by atoms with Crippen molar-refractivity contribution in [3.8, 4) is 0 Å². The van der Waals surface area contributed by atoms with Crippen molar-refractivity contribution in [2.75, 3.05) is 0 Å². The van der Waals surface area contributed by atoms with Gasteiger partial charge in [-0.3, -0.25) is 4.68 Å². The molecular formula is C13H17N3OS. The Morgan fingerprint density at radius 3 is 3.00 bits per heavy atom. The minimum Gasteiger partial charge on any atom is -0.386 e. The number of rotatable bonds is 4. The highest BCUT2D eigenvalue weighted by Crippen LogP contribution is 2.29. The molecule has 5 heteroatoms. The number of hydrogen-bond acceptors (Lipinski definition) is 4. The van der Waals surface area contributed by atoms with E-state index in [0.717, 1.165) is 10.7 Å². The summed E-state index contributed by atoms with van der Waals surface area (Å²) in [5.41, 5.74) is 0.949. The molecule has 1 fully saturated rings. The van der Waals surface area contributed by atoms with Gasteiger partial charge in [0.05, 0.1) is 11.7 Å². The molecule has 18 heavy (non-hydrogen) atoms. The summed E-state index contributed by atoms with van der Waals surface area (Å²) in [6.07, 6.45) is 8.86. The van der Waals surface area contributed by atoms with Gasteiger partial charge in [0.1, 0.15) is 11.1 Å². The molecule has 0 amide bonds. The van der Waals surface area contributed by atoms with Crippen LogP contribution in [0, 0.1) is 0 Å². The first-order valence-corrected chi connectivity index (χ1v) is 7.32. The normalized spacial score (nSPS) is 18.3. The Labute approximate surface area is 110 Å². The molecule has 4 nitrogen and oxygen atoms in total. The Morgan fingerprint density at radius 2 is 2.28 bits per heavy atom. The van der Waals surface area contributed by atoms with Gasteiger partial charge in [-0.05, 0) is 18.9 Å². The first kappa shape index (κ1) is 11.9. The lowest BCUT2D eigenvalue weighted by atomic mass is 10.2. The van der Waals surface area contributed by atoms with Crippen LogP contribution in [-0.2, 0) is 6.42 Å². The van der Waals surface area contributed by atoms with Crippen LogP contribution in [0.5, 0.6) is 0 Å². The first-order valence-electron chi connectivity index (χ1n) is 6.44. The minimum atomic E-state index is -0.531. The third-order valence-electron chi connectivity index (χ3n) is 3.50. The topological polar surface area (TPSA) is 50.9 Å². The van der Waals surface area contributed by atoms with Crippen molar-refractivity contribution >= 4 is 11.3 Å². The van der Waals surface area contributed by atoms with Crippen LogP contribution in [0.15, 0.2) is 23.8 Å². The van der Waals surface area contributed by atoms with E-state index in [1.165, 1.54) is 37.0 Å². The van der Waals surface area contributed by atoms with Crippen molar-refractivity contribution in [2.24, 2.45) is 0 Å². The van der Waals surface area contributed by atoms with Gasteiger partial charge >= 0.3 is 0 Å². The summed E-state index contributed by atoms with van der Waals surface area (Å²) in [6, 6.07) is 2.57. The second-order valence-corrected chi connectivity index (χ2v) is 5.74. The maximum atomic E-state index is 10.0. The Balaban J connectivity index is 1.66. The van der Waals surface area contributed by atoms with Crippen LogP contribution in [0.1, 0.15) is 48.5 Å². The molecule has 0 bridgehead atoms. The van der Waals surface area contributed by atoms with Gasteiger partial charge in [0.2, 0.25) is 0 Å². The zero-order chi connectivity index (χ0) is 12.4. The molecule has 96 valence electrons. The molecule has 0 aromatic carbocycles. The summed E-state index contributed by atoms with van der Waals surface area (Å²) in [5.74, 6) is 0. The van der Waals surface area contributed by atoms with Crippen LogP contribution in [0.4, 0.5) is 0 Å². The van der Waals surface area contributed by atoms with Gasteiger partial charge in [-0.2, -0.15) is 5.10 Å². The van der Waals surface area contributed by atoms with Crippen molar-refractivity contribution in [1.82, 2.24) is 14.8 Å². The second-order valence-electron chi connectivity index (χ2n) is 4.82. The number of aliphatic hydroxyl groups is 1. The van der Waals surface area contributed by atoms with Gasteiger partial charge in [-0.15, -0.1) is 11.3 Å². The van der Waals surface area contributed by atoms with E-state index in [9.17, 15) is 5.11 Å². The van der Waals surface area contributed by atoms with E-state index < -0.39 is 6.10 Å². The molecule has 3 rings (SSSR count). The van der Waals surface area contributed by atoms with Crippen LogP contribution < -0.4 is 0 Å². The molecule has 1 unspecified atom stereocenters. The number of aromatic nitrogens is 3. The van der Waals surface area contributed by atoms with Crippen molar-refractivity contribution in [3.05, 3.63) is 34.5 Å². The fourth-order valence-electron chi connectivity index (χ4n) is 2.54. The highest BCUT2D eigenvalue weighted by molar-refractivity contribution is 7.09. The van der Waals surface area contributed by atoms with Gasteiger partial charge in [0, 0.05) is 24.2 Å². The number of thiazole rings is 1. The lowest BCUT2D eigenvalue weighted by Crippen LogP contribution is -2.07. The van der Waals surface area contributed by atoms with Crippen molar-refractivity contribution in [3.63, 3.8) is 0 Å². The Bertz CT molecular complexity index is 488. The minimum absolute atomic E-state index is 0.531. The molecule has 2 aromatic rings. The quantitative estimate of drug-likeness (QED) is 0.922. The van der Waals surface area contributed by atoms with Crippen LogP contribution >= 0.6 is 11.3 Å². The monoisotopic (exact) mass is 263 g/mol. The van der Waals surface area contributed by atoms with E-state index in [0.29, 0.717) is 12.5 Å². The molecule has 1 atom stereocenters. The standard InChI is InChI=1S/C13H17N3OS/c17-12(13-14-6-8-18-13)9-10-5-7-16(15-10)11-3-1-2-4-11/h5-8,11-12,17H,1-4,9H2. The number of nitrogens with zero attached hydrogens (tertiary/aromatic N) is 3. The third kappa shape index (κ3) is 2.47. The van der Waals surface area contributed by atoms with Gasteiger partial charge < -0.3 is 5.11 Å². The highest BCUT2D eigenvalue weighted by atomic mass is 32.1. The summed E-state index contributed by atoms with van der Waals surface area (Å²) in [7, 11) is 0. The number of aliphatic hydroxyl groups excluding tert-OH is 1. The van der Waals surface area contributed by atoms with E-state index in [4.69, 9.17) is 0 Å². The molecule has 0 radical (unpaired) electrons. The average molecular weight is 263 g/mol. The predicted octanol–water partition coefficient (Wildman–Crippen LogP) is 2.73. The maximum Gasteiger partial charge on any atom is 0.122 e. The molecule has 1 aliphatic rings. The molecule has 2 heterocycles. The van der Waals surface area contributed by atoms with Gasteiger partial charge in [-0.25, -0.2) is 4.98 Å². The van der Waals surface area contributed by atoms with E-state index in [1.807, 2.05) is 17.6 Å². The summed E-state index contributed by atoms with van der Waals surface area (Å²) in [4.78, 5) is 4.13. The Morgan fingerprint density at radius 1 is 1.44 bits per heavy atom. The van der Waals surface area contributed by atoms with Crippen molar-refractivity contribution in [1.29, 1.82) is 0 Å². The van der Waals surface area contributed by atoms with Crippen molar-refractivity contribution < 1.29 is 5.11 Å². The lowest BCUT2D eigenvalue weighted by molar-refractivity contribution is 0.176. The lowest BCUT2D eigenvalue weighted by Gasteiger charge is -2.09. The molecule has 2 aromatic heterocycles. The fourth-order valence-corrected chi connectivity index (χ4v) is 3.17. The molecule has 0 aliphatic heterocycles. The zero-order valence-electron chi connectivity index (χ0n) is 10.2. The summed E-state index contributed by atoms with van der Waals surface area (Å²) in [5, 5.41) is 17.3. The highest BCUT2D eigenvalue weighted by Gasteiger charge is 2.18. The molecular weight excluding hydrogens is 246 g/mol. The molecule has 1 aliphatic carbocycles. The number of hydrogen-bond donors (Lipinski definition) is 1. The van der Waals surface area contributed by atoms with Crippen LogP contribution in [-0.4, -0.2) is 19.9 Å². The summed E-state index contributed by atoms with van der Waals surface area (Å²) >= 11 is 1.49. The smallest absolute Gasteiger partial charge is 0.122 e. The molecule has 1 N–H and O–H groups in total. The third-order valence-corrected chi connectivity index (χ3v) is 4.38. The SMILES string of the molecule is OC(Cc1ccn(C2CCCC2)n1)c1nccs1. The predicted molar refractivity (Wildman–Crippen MR) is 70.5 cm³/mol. The first-order chi connectivity index (χ1) is 8.83. The van der Waals surface area contributed by atoms with Crippen molar-refractivity contribution in [2.45, 2.75) is 44.2 Å². The van der Waals surface area contributed by atoms with E-state index >= 15 is 0 Å². The average Bonchev–Trinajstić information content (AvgIpc) is 3.12. The van der Waals surface area contributed by atoms with Gasteiger partial charge in [0.25, 0.3) is 0 Å². The van der Waals surface area contributed by atoms with Gasteiger partial charge in [0.15, 0.2) is 0 Å². The van der Waals surface area contributed by atoms with E-state index in [1.54, 1.807) is 6.20 Å². The zero-order valence-corrected chi connectivity index (χ0v) is 11.0. The van der Waals surface area contributed by atoms with Crippen LogP contribution in [0.2, 0.25) is 0 Å². The largest absolute Gasteiger partial charge is 0.386 e. The van der Waals surface area contributed by atoms with E-state index in [-0.39, 0.29) is 0 Å². The van der Waals surface area contributed by atoms with Gasteiger partial charge in [-0.1, -0.05) is 12.8 Å². The second kappa shape index (κ2) is 5.20. The fraction of sp³-hybridized carbons (Fsp3) is 0.538. The molecule has 0 spiro atoms. The molecule has 1 saturated carbocycles. The summed E-state index contributed by atoms with van der Waals surface area (Å²) < 4.78 is 2.07. The van der Waals surface area contributed by atoms with Crippen LogP contribution in [0.25, 0.3) is 0 Å². The Hall–Kier alpha value is -1.20. The van der Waals surface area contributed by atoms with E-state index in [2.05, 4.69) is 14.8 Å².